The Morgan fingerprint density at radius 3 is 2.16 bits per heavy atom. The van der Waals surface area contributed by atoms with E-state index in [0.717, 1.165) is 7.11 Å². The number of methoxy groups -OCH3 is 1. The van der Waals surface area contributed by atoms with Crippen LogP contribution in [0.2, 0.25) is 0 Å². The van der Waals surface area contributed by atoms with Gasteiger partial charge in [-0.05, 0) is 0 Å². The molecule has 0 N–H and O–H groups in total. The van der Waals surface area contributed by atoms with Crippen molar-refractivity contribution < 1.29 is 35.8 Å². The van der Waals surface area contributed by atoms with E-state index in [1.165, 1.54) is 6.07 Å². The number of hydrogen-bond donors (Lipinski definition) is 0. The average Bonchev–Trinajstić information content (AvgIpc) is 2.24. The Kier molecular flexibility index (Phi) is 3.78. The monoisotopic (exact) mass is 286 g/mol. The average molecular weight is 286 g/mol. The molecule has 4 nitrogen and oxygen atoms in total. The molecule has 1 heterocycles. The van der Waals surface area contributed by atoms with Crippen molar-refractivity contribution in [1.82, 2.24) is 4.98 Å². The molecular formula is C9H4F6N2O2. The minimum atomic E-state index is -5.35. The number of rotatable bonds is 2. The fourth-order valence-corrected chi connectivity index (χ4v) is 1.21. The van der Waals surface area contributed by atoms with Crippen LogP contribution in [0.1, 0.15) is 11.1 Å². The summed E-state index contributed by atoms with van der Waals surface area (Å²) in [4.78, 5) is 2.85. The second-order valence-corrected chi connectivity index (χ2v) is 3.04. The van der Waals surface area contributed by atoms with Gasteiger partial charge in [-0.25, -0.2) is 4.98 Å². The first-order valence-electron chi connectivity index (χ1n) is 4.40. The SMILES string of the molecule is COc1c(C#N)cnc(OC(F)(F)F)c1C(F)(F)F. The molecule has 1 aromatic rings. The molecule has 10 heteroatoms. The zero-order chi connectivity index (χ0) is 14.8. The summed E-state index contributed by atoms with van der Waals surface area (Å²) in [6.07, 6.45) is -10.1. The fourth-order valence-electron chi connectivity index (χ4n) is 1.21. The number of aromatic nitrogens is 1. The number of alkyl halides is 6. The van der Waals surface area contributed by atoms with Crippen molar-refractivity contribution in [3.63, 3.8) is 0 Å². The van der Waals surface area contributed by atoms with Gasteiger partial charge in [0.25, 0.3) is 0 Å². The molecule has 0 aliphatic rings. The summed E-state index contributed by atoms with van der Waals surface area (Å²) in [5.41, 5.74) is -2.56. The minimum Gasteiger partial charge on any atom is -0.494 e. The number of pyridine rings is 1. The van der Waals surface area contributed by atoms with Crippen molar-refractivity contribution >= 4 is 0 Å². The van der Waals surface area contributed by atoms with Gasteiger partial charge in [-0.1, -0.05) is 0 Å². The van der Waals surface area contributed by atoms with Crippen LogP contribution in [0.4, 0.5) is 26.3 Å². The maximum atomic E-state index is 12.7. The van der Waals surface area contributed by atoms with Crippen LogP contribution >= 0.6 is 0 Å². The highest BCUT2D eigenvalue weighted by Gasteiger charge is 2.44. The van der Waals surface area contributed by atoms with Gasteiger partial charge in [-0.2, -0.15) is 18.4 Å². The molecule has 0 saturated heterocycles. The van der Waals surface area contributed by atoms with Gasteiger partial charge in [0.05, 0.1) is 13.3 Å². The van der Waals surface area contributed by atoms with Crippen molar-refractivity contribution in [1.29, 1.82) is 5.26 Å². The largest absolute Gasteiger partial charge is 0.574 e. The molecule has 0 radical (unpaired) electrons. The standard InChI is InChI=1S/C9H4F6N2O2/c1-18-6-4(2-16)3-17-7(19-9(13,14)15)5(6)8(10,11)12/h3H,1H3. The highest BCUT2D eigenvalue weighted by molar-refractivity contribution is 5.52. The maximum Gasteiger partial charge on any atom is 0.574 e. The van der Waals surface area contributed by atoms with Gasteiger partial charge in [0, 0.05) is 0 Å². The van der Waals surface area contributed by atoms with Crippen molar-refractivity contribution in [2.75, 3.05) is 7.11 Å². The number of nitriles is 1. The Morgan fingerprint density at radius 1 is 1.21 bits per heavy atom. The first kappa shape index (κ1) is 14.9. The van der Waals surface area contributed by atoms with E-state index in [1.54, 1.807) is 0 Å². The minimum absolute atomic E-state index is 0.495. The van der Waals surface area contributed by atoms with Crippen LogP contribution in [0.25, 0.3) is 0 Å². The molecule has 0 aliphatic heterocycles. The van der Waals surface area contributed by atoms with E-state index < -0.39 is 35.3 Å². The first-order chi connectivity index (χ1) is 8.60. The van der Waals surface area contributed by atoms with Crippen LogP contribution < -0.4 is 9.47 Å². The number of halogens is 6. The van der Waals surface area contributed by atoms with E-state index in [2.05, 4.69) is 14.5 Å². The van der Waals surface area contributed by atoms with E-state index in [1.807, 2.05) is 0 Å². The van der Waals surface area contributed by atoms with Crippen molar-refractivity contribution in [2.24, 2.45) is 0 Å². The summed E-state index contributed by atoms with van der Waals surface area (Å²) in [6, 6.07) is 1.32. The predicted molar refractivity (Wildman–Crippen MR) is 47.2 cm³/mol. The lowest BCUT2D eigenvalue weighted by Gasteiger charge is -2.17. The number of nitrogens with zero attached hydrogens (tertiary/aromatic N) is 2. The normalized spacial score (nSPS) is 11.9. The van der Waals surface area contributed by atoms with Gasteiger partial charge < -0.3 is 9.47 Å². The Labute approximate surface area is 102 Å². The van der Waals surface area contributed by atoms with Crippen molar-refractivity contribution in [3.05, 3.63) is 17.3 Å². The Bertz CT molecular complexity index is 517. The van der Waals surface area contributed by atoms with E-state index in [4.69, 9.17) is 5.26 Å². The number of ether oxygens (including phenoxy) is 2. The van der Waals surface area contributed by atoms with E-state index in [9.17, 15) is 26.3 Å². The zero-order valence-electron chi connectivity index (χ0n) is 9.06. The predicted octanol–water partition coefficient (Wildman–Crippen LogP) is 2.88. The molecule has 1 rings (SSSR count). The smallest absolute Gasteiger partial charge is 0.494 e. The summed E-state index contributed by atoms with van der Waals surface area (Å²) in [7, 11) is 0.781. The third-order valence-corrected chi connectivity index (χ3v) is 1.82. The van der Waals surface area contributed by atoms with Gasteiger partial charge >= 0.3 is 12.5 Å². The highest BCUT2D eigenvalue weighted by Crippen LogP contribution is 2.44. The Balaban J connectivity index is 3.54. The summed E-state index contributed by atoms with van der Waals surface area (Å²) in [5, 5.41) is 8.56. The van der Waals surface area contributed by atoms with Crippen molar-refractivity contribution in [3.8, 4) is 17.7 Å². The topological polar surface area (TPSA) is 55.1 Å². The summed E-state index contributed by atoms with van der Waals surface area (Å²) in [5.74, 6) is -2.81. The lowest BCUT2D eigenvalue weighted by Crippen LogP contribution is -2.22. The zero-order valence-corrected chi connectivity index (χ0v) is 9.06. The second-order valence-electron chi connectivity index (χ2n) is 3.04. The molecule has 0 aromatic carbocycles. The lowest BCUT2D eigenvalue weighted by atomic mass is 10.1. The highest BCUT2D eigenvalue weighted by atomic mass is 19.4. The molecule has 0 spiro atoms. The molecule has 19 heavy (non-hydrogen) atoms. The molecule has 1 aromatic heterocycles. The molecule has 0 aliphatic carbocycles. The van der Waals surface area contributed by atoms with Crippen LogP contribution in [0, 0.1) is 11.3 Å². The lowest BCUT2D eigenvalue weighted by molar-refractivity contribution is -0.278. The Morgan fingerprint density at radius 2 is 1.79 bits per heavy atom. The quantitative estimate of drug-likeness (QED) is 0.784. The van der Waals surface area contributed by atoms with Gasteiger partial charge in [-0.15, -0.1) is 13.2 Å². The molecule has 104 valence electrons. The van der Waals surface area contributed by atoms with Gasteiger partial charge in [0.15, 0.2) is 11.3 Å². The second kappa shape index (κ2) is 4.83. The van der Waals surface area contributed by atoms with Crippen LogP contribution in [-0.2, 0) is 6.18 Å². The van der Waals surface area contributed by atoms with Gasteiger partial charge in [-0.3, -0.25) is 0 Å². The molecule has 0 saturated carbocycles. The van der Waals surface area contributed by atoms with Gasteiger partial charge in [0.2, 0.25) is 5.88 Å². The van der Waals surface area contributed by atoms with E-state index in [-0.39, 0.29) is 0 Å². The van der Waals surface area contributed by atoms with Crippen LogP contribution in [0.3, 0.4) is 0 Å². The number of hydrogen-bond acceptors (Lipinski definition) is 4. The van der Waals surface area contributed by atoms with Crippen LogP contribution in [0.5, 0.6) is 11.6 Å². The summed E-state index contributed by atoms with van der Waals surface area (Å²) in [6.45, 7) is 0. The maximum absolute atomic E-state index is 12.7. The Hall–Kier alpha value is -2.18. The molecule has 0 bridgehead atoms. The molecule has 0 atom stereocenters. The first-order valence-corrected chi connectivity index (χ1v) is 4.40. The van der Waals surface area contributed by atoms with Crippen LogP contribution in [0.15, 0.2) is 6.20 Å². The fraction of sp³-hybridized carbons (Fsp3) is 0.333. The summed E-state index contributed by atoms with van der Waals surface area (Å²) < 4.78 is 81.6. The summed E-state index contributed by atoms with van der Waals surface area (Å²) >= 11 is 0. The van der Waals surface area contributed by atoms with E-state index >= 15 is 0 Å². The third-order valence-electron chi connectivity index (χ3n) is 1.82. The van der Waals surface area contributed by atoms with E-state index in [0.29, 0.717) is 6.20 Å². The molecular weight excluding hydrogens is 282 g/mol. The van der Waals surface area contributed by atoms with Crippen molar-refractivity contribution in [2.45, 2.75) is 12.5 Å². The van der Waals surface area contributed by atoms with Gasteiger partial charge in [0.1, 0.15) is 11.6 Å². The molecule has 0 unspecified atom stereocenters. The van der Waals surface area contributed by atoms with Crippen LogP contribution in [-0.4, -0.2) is 18.5 Å². The third kappa shape index (κ3) is 3.40. The molecule has 0 amide bonds. The molecule has 0 fully saturated rings.